The lowest BCUT2D eigenvalue weighted by molar-refractivity contribution is 0.0986. The molecule has 0 unspecified atom stereocenters. The smallest absolute Gasteiger partial charge is 0.260 e. The summed E-state index contributed by atoms with van der Waals surface area (Å²) in [5, 5.41) is 0.713. The van der Waals surface area contributed by atoms with Gasteiger partial charge in [0.05, 0.1) is 16.5 Å². The van der Waals surface area contributed by atoms with Gasteiger partial charge in [-0.15, -0.1) is 0 Å². The van der Waals surface area contributed by atoms with Crippen LogP contribution in [-0.4, -0.2) is 27.0 Å². The molecule has 0 saturated heterocycles. The van der Waals surface area contributed by atoms with E-state index in [1.165, 1.54) is 0 Å². The molecule has 6 nitrogen and oxygen atoms in total. The molecule has 2 aromatic heterocycles. The molecule has 5 aromatic rings. The number of benzene rings is 3. The number of ether oxygens (including phenoxy) is 1. The van der Waals surface area contributed by atoms with E-state index in [0.29, 0.717) is 23.0 Å². The molecule has 0 atom stereocenters. The zero-order chi connectivity index (χ0) is 23.3. The van der Waals surface area contributed by atoms with Gasteiger partial charge in [0.1, 0.15) is 11.5 Å². The van der Waals surface area contributed by atoms with Gasteiger partial charge in [0.15, 0.2) is 5.13 Å². The molecule has 0 spiro atoms. The highest BCUT2D eigenvalue weighted by atomic mass is 32.1. The predicted octanol–water partition coefficient (Wildman–Crippen LogP) is 6.33. The van der Waals surface area contributed by atoms with Crippen LogP contribution in [0, 0.1) is 6.92 Å². The molecule has 0 aliphatic rings. The molecule has 0 radical (unpaired) electrons. The highest BCUT2D eigenvalue weighted by Gasteiger charge is 2.21. The van der Waals surface area contributed by atoms with E-state index in [4.69, 9.17) is 9.72 Å². The van der Waals surface area contributed by atoms with Crippen molar-refractivity contribution in [3.63, 3.8) is 0 Å². The molecule has 7 heteroatoms. The minimum absolute atomic E-state index is 0.0754. The van der Waals surface area contributed by atoms with Crippen LogP contribution in [0.4, 0.5) is 5.13 Å². The molecule has 0 aliphatic carbocycles. The van der Waals surface area contributed by atoms with Crippen LogP contribution in [0.25, 0.3) is 10.2 Å². The van der Waals surface area contributed by atoms with Gasteiger partial charge in [-0.25, -0.2) is 9.97 Å². The Kier molecular flexibility index (Phi) is 6.35. The van der Waals surface area contributed by atoms with E-state index in [2.05, 4.69) is 4.98 Å². The second-order valence-electron chi connectivity index (χ2n) is 7.97. The highest BCUT2D eigenvalue weighted by Crippen LogP contribution is 2.32. The van der Waals surface area contributed by atoms with Crippen LogP contribution in [-0.2, 0) is 6.54 Å². The number of carbonyl (C=O) groups is 1. The molecular formula is C27H24N4O2S. The monoisotopic (exact) mass is 468 g/mol. The molecule has 0 fully saturated rings. The Balaban J connectivity index is 1.39. The van der Waals surface area contributed by atoms with Crippen molar-refractivity contribution in [2.24, 2.45) is 0 Å². The number of anilines is 1. The lowest BCUT2D eigenvalue weighted by Gasteiger charge is -2.20. The largest absolute Gasteiger partial charge is 0.457 e. The second-order valence-corrected chi connectivity index (χ2v) is 8.98. The minimum atomic E-state index is -0.0754. The average molecular weight is 469 g/mol. The van der Waals surface area contributed by atoms with Crippen molar-refractivity contribution in [1.82, 2.24) is 14.5 Å². The normalized spacial score (nSPS) is 11.0. The summed E-state index contributed by atoms with van der Waals surface area (Å²) in [7, 11) is 0. The number of aromatic nitrogens is 3. The second kappa shape index (κ2) is 9.89. The molecule has 34 heavy (non-hydrogen) atoms. The summed E-state index contributed by atoms with van der Waals surface area (Å²) in [5.74, 6) is 1.37. The minimum Gasteiger partial charge on any atom is -0.457 e. The number of carbonyl (C=O) groups excluding carboxylic acids is 1. The van der Waals surface area contributed by atoms with E-state index in [1.807, 2.05) is 90.5 Å². The zero-order valence-electron chi connectivity index (χ0n) is 18.8. The topological polar surface area (TPSA) is 60.2 Å². The number of imidazole rings is 1. The maximum Gasteiger partial charge on any atom is 0.260 e. The summed E-state index contributed by atoms with van der Waals surface area (Å²) in [6.45, 7) is 3.37. The molecule has 0 aliphatic heterocycles. The number of hydrogen-bond acceptors (Lipinski definition) is 5. The third-order valence-corrected chi connectivity index (χ3v) is 6.57. The van der Waals surface area contributed by atoms with Gasteiger partial charge >= 0.3 is 0 Å². The van der Waals surface area contributed by atoms with Crippen molar-refractivity contribution >= 4 is 32.6 Å². The molecular weight excluding hydrogens is 444 g/mol. The van der Waals surface area contributed by atoms with Gasteiger partial charge in [-0.05, 0) is 61.4 Å². The Hall–Kier alpha value is -3.97. The molecule has 0 bridgehead atoms. The fourth-order valence-corrected chi connectivity index (χ4v) is 4.82. The van der Waals surface area contributed by atoms with E-state index in [9.17, 15) is 4.79 Å². The first-order valence-corrected chi connectivity index (χ1v) is 12.0. The zero-order valence-corrected chi connectivity index (χ0v) is 19.6. The van der Waals surface area contributed by atoms with E-state index in [1.54, 1.807) is 28.8 Å². The molecule has 0 saturated carbocycles. The summed E-state index contributed by atoms with van der Waals surface area (Å²) < 4.78 is 8.97. The van der Waals surface area contributed by atoms with Gasteiger partial charge in [0.2, 0.25) is 0 Å². The van der Waals surface area contributed by atoms with Gasteiger partial charge in [0, 0.05) is 31.0 Å². The highest BCUT2D eigenvalue weighted by molar-refractivity contribution is 7.22. The summed E-state index contributed by atoms with van der Waals surface area (Å²) >= 11 is 1.55. The Morgan fingerprint density at radius 2 is 1.79 bits per heavy atom. The maximum absolute atomic E-state index is 13.6. The number of aryl methyl sites for hydroxylation is 2. The average Bonchev–Trinajstić information content (AvgIpc) is 3.53. The van der Waals surface area contributed by atoms with Crippen LogP contribution in [0.5, 0.6) is 11.5 Å². The molecule has 2 heterocycles. The van der Waals surface area contributed by atoms with E-state index >= 15 is 0 Å². The van der Waals surface area contributed by atoms with Crippen molar-refractivity contribution in [3.05, 3.63) is 103 Å². The lowest BCUT2D eigenvalue weighted by Crippen LogP contribution is -2.32. The summed E-state index contributed by atoms with van der Waals surface area (Å²) in [4.78, 5) is 24.3. The third kappa shape index (κ3) is 4.84. The Morgan fingerprint density at radius 3 is 2.53 bits per heavy atom. The van der Waals surface area contributed by atoms with Gasteiger partial charge < -0.3 is 9.30 Å². The van der Waals surface area contributed by atoms with Crippen molar-refractivity contribution in [2.75, 3.05) is 11.4 Å². The maximum atomic E-state index is 13.6. The molecule has 170 valence electrons. The van der Waals surface area contributed by atoms with E-state index < -0.39 is 0 Å². The van der Waals surface area contributed by atoms with Crippen molar-refractivity contribution < 1.29 is 9.53 Å². The van der Waals surface area contributed by atoms with E-state index in [0.717, 1.165) is 34.5 Å². The van der Waals surface area contributed by atoms with E-state index in [-0.39, 0.29) is 5.91 Å². The quantitative estimate of drug-likeness (QED) is 0.267. The first kappa shape index (κ1) is 21.9. The van der Waals surface area contributed by atoms with Crippen LogP contribution in [0.3, 0.4) is 0 Å². The predicted molar refractivity (Wildman–Crippen MR) is 136 cm³/mol. The summed E-state index contributed by atoms with van der Waals surface area (Å²) in [6, 6.07) is 23.0. The van der Waals surface area contributed by atoms with Crippen molar-refractivity contribution in [1.29, 1.82) is 0 Å². The van der Waals surface area contributed by atoms with Crippen LogP contribution in [0.1, 0.15) is 22.3 Å². The van der Waals surface area contributed by atoms with Crippen LogP contribution in [0.15, 0.2) is 91.5 Å². The van der Waals surface area contributed by atoms with Crippen LogP contribution in [0.2, 0.25) is 0 Å². The van der Waals surface area contributed by atoms with Gasteiger partial charge in [-0.2, -0.15) is 0 Å². The number of rotatable bonds is 8. The van der Waals surface area contributed by atoms with Crippen molar-refractivity contribution in [3.8, 4) is 11.5 Å². The fraction of sp³-hybridized carbons (Fsp3) is 0.148. The number of hydrogen-bond donors (Lipinski definition) is 0. The molecule has 1 amide bonds. The molecule has 5 rings (SSSR count). The number of thiazole rings is 1. The SMILES string of the molecule is Cc1cccc2sc(N(CCCn3ccnc3)C(=O)c3ccc(Oc4ccccc4)cc3)nc12. The lowest BCUT2D eigenvalue weighted by atomic mass is 10.2. The number of para-hydroxylation sites is 2. The number of nitrogens with zero attached hydrogens (tertiary/aromatic N) is 4. The standard InChI is InChI=1S/C27H24N4O2S/c1-20-7-5-10-24-25(20)29-27(34-24)31(17-6-16-30-18-15-28-19-30)26(32)21-11-13-23(14-12-21)33-22-8-3-2-4-9-22/h2-5,7-15,18-19H,6,16-17H2,1H3. The first-order valence-electron chi connectivity index (χ1n) is 11.1. The van der Waals surface area contributed by atoms with Crippen LogP contribution < -0.4 is 9.64 Å². The van der Waals surface area contributed by atoms with Gasteiger partial charge in [0.25, 0.3) is 5.91 Å². The van der Waals surface area contributed by atoms with Gasteiger partial charge in [-0.3, -0.25) is 9.69 Å². The first-order chi connectivity index (χ1) is 16.7. The Labute approximate surface area is 202 Å². The number of fused-ring (bicyclic) bond motifs is 1. The third-order valence-electron chi connectivity index (χ3n) is 5.52. The Bertz CT molecular complexity index is 1380. The fourth-order valence-electron chi connectivity index (χ4n) is 3.75. The Morgan fingerprint density at radius 1 is 1.00 bits per heavy atom. The summed E-state index contributed by atoms with van der Waals surface area (Å²) in [6.07, 6.45) is 6.27. The van der Waals surface area contributed by atoms with Gasteiger partial charge in [-0.1, -0.05) is 41.7 Å². The molecule has 0 N–H and O–H groups in total. The number of amides is 1. The summed E-state index contributed by atoms with van der Waals surface area (Å²) in [5.41, 5.74) is 2.65. The van der Waals surface area contributed by atoms with Crippen LogP contribution >= 0.6 is 11.3 Å². The molecule has 3 aromatic carbocycles. The van der Waals surface area contributed by atoms with Crippen molar-refractivity contribution in [2.45, 2.75) is 19.9 Å².